The second-order valence-electron chi connectivity index (χ2n) is 1.77. The molecule has 0 bridgehead atoms. The van der Waals surface area contributed by atoms with Gasteiger partial charge in [0.15, 0.2) is 0 Å². The molecule has 3 nitrogen and oxygen atoms in total. The summed E-state index contributed by atoms with van der Waals surface area (Å²) >= 11 is 1.99. The Labute approximate surface area is 73.5 Å². The smallest absolute Gasteiger partial charge is 0.121 e. The molecule has 0 heterocycles. The molecule has 0 aliphatic rings. The van der Waals surface area contributed by atoms with E-state index >= 15 is 0 Å². The Balaban J connectivity index is 3.79. The summed E-state index contributed by atoms with van der Waals surface area (Å²) in [7, 11) is 0. The molecule has 2 N–H and O–H groups in total. The van der Waals surface area contributed by atoms with Gasteiger partial charge in [0.1, 0.15) is 5.84 Å². The van der Waals surface area contributed by atoms with Gasteiger partial charge in [-0.05, 0) is 6.72 Å². The van der Waals surface area contributed by atoms with Crippen molar-refractivity contribution in [3.05, 3.63) is 12.3 Å². The molecule has 10 heavy (non-hydrogen) atoms. The summed E-state index contributed by atoms with van der Waals surface area (Å²) < 4.78 is -0.129. The van der Waals surface area contributed by atoms with Crippen molar-refractivity contribution in [2.45, 2.75) is 10.3 Å². The molecule has 0 aliphatic carbocycles. The molecule has 1 atom stereocenters. The van der Waals surface area contributed by atoms with Gasteiger partial charge in [0.2, 0.25) is 0 Å². The monoisotopic (exact) mass is 252 g/mol. The van der Waals surface area contributed by atoms with Gasteiger partial charge in [-0.3, -0.25) is 5.41 Å². The summed E-state index contributed by atoms with van der Waals surface area (Å²) in [6, 6.07) is 0. The summed E-state index contributed by atoms with van der Waals surface area (Å²) in [5.41, 5.74) is 0. The van der Waals surface area contributed by atoms with Crippen molar-refractivity contribution in [2.24, 2.45) is 4.99 Å². The Bertz CT molecular complexity index is 167. The zero-order valence-corrected chi connectivity index (χ0v) is 7.63. The molecule has 0 aromatic heterocycles. The van der Waals surface area contributed by atoms with Crippen LogP contribution in [0.3, 0.4) is 0 Å². The number of halogens is 1. The van der Waals surface area contributed by atoms with Crippen molar-refractivity contribution in [3.63, 3.8) is 0 Å². The van der Waals surface area contributed by atoms with E-state index in [0.29, 0.717) is 6.42 Å². The van der Waals surface area contributed by atoms with E-state index in [1.165, 1.54) is 0 Å². The number of aliphatic imine (C=N–C) groups is 1. The number of hydrogen-bond acceptors (Lipinski definition) is 2. The maximum atomic E-state index is 8.80. The van der Waals surface area contributed by atoms with Crippen LogP contribution in [0.25, 0.3) is 0 Å². The lowest BCUT2D eigenvalue weighted by Gasteiger charge is -2.04. The van der Waals surface area contributed by atoms with Crippen molar-refractivity contribution < 1.29 is 5.11 Å². The number of nitrogens with one attached hydrogen (secondary N) is 1. The highest BCUT2D eigenvalue weighted by Crippen LogP contribution is 2.13. The van der Waals surface area contributed by atoms with E-state index in [9.17, 15) is 0 Å². The summed E-state index contributed by atoms with van der Waals surface area (Å²) in [5.74, 6) is 0.253. The predicted octanol–water partition coefficient (Wildman–Crippen LogP) is 1.93. The highest BCUT2D eigenvalue weighted by atomic mass is 127. The molecule has 0 amide bonds. The topological polar surface area (TPSA) is 56.4 Å². The minimum absolute atomic E-state index is 0.0778. The van der Waals surface area contributed by atoms with Gasteiger partial charge in [0, 0.05) is 6.42 Å². The lowest BCUT2D eigenvalue weighted by atomic mass is 10.3. The average molecular weight is 252 g/mol. The van der Waals surface area contributed by atoms with E-state index in [1.807, 2.05) is 22.6 Å². The average Bonchev–Trinajstić information content (AvgIpc) is 1.87. The Hall–Kier alpha value is -0.390. The molecule has 0 saturated heterocycles. The third-order valence-corrected chi connectivity index (χ3v) is 2.08. The lowest BCUT2D eigenvalue weighted by Crippen LogP contribution is -2.06. The van der Waals surface area contributed by atoms with Gasteiger partial charge >= 0.3 is 0 Å². The number of nitrogens with zero attached hydrogens (tertiary/aromatic N) is 1. The number of aliphatic hydroxyl groups is 1. The Morgan fingerprint density at radius 2 is 2.30 bits per heavy atom. The van der Waals surface area contributed by atoms with E-state index in [1.54, 1.807) is 0 Å². The fraction of sp³-hybridized carbons (Fsp3) is 0.333. The van der Waals surface area contributed by atoms with Crippen LogP contribution in [-0.2, 0) is 0 Å². The molecule has 0 aromatic carbocycles. The minimum Gasteiger partial charge on any atom is -0.512 e. The van der Waals surface area contributed by atoms with Gasteiger partial charge < -0.3 is 5.11 Å². The molecule has 0 rings (SSSR count). The van der Waals surface area contributed by atoms with Crippen LogP contribution in [0.2, 0.25) is 0 Å². The molecule has 4 heteroatoms. The van der Waals surface area contributed by atoms with E-state index in [-0.39, 0.29) is 15.5 Å². The molecule has 0 radical (unpaired) electrons. The molecular formula is C6H9IN2O. The Morgan fingerprint density at radius 1 is 1.80 bits per heavy atom. The van der Waals surface area contributed by atoms with Crippen LogP contribution in [0, 0.1) is 5.41 Å². The molecule has 1 unspecified atom stereocenters. The van der Waals surface area contributed by atoms with Gasteiger partial charge in [-0.25, -0.2) is 4.99 Å². The van der Waals surface area contributed by atoms with Crippen molar-refractivity contribution in [3.8, 4) is 0 Å². The van der Waals surface area contributed by atoms with Gasteiger partial charge in [-0.2, -0.15) is 0 Å². The van der Waals surface area contributed by atoms with Crippen LogP contribution in [0.1, 0.15) is 6.42 Å². The summed E-state index contributed by atoms with van der Waals surface area (Å²) in [5, 5.41) is 15.9. The molecular weight excluding hydrogens is 243 g/mol. The summed E-state index contributed by atoms with van der Waals surface area (Å²) in [4.78, 5) is 3.39. The van der Waals surface area contributed by atoms with E-state index in [0.717, 1.165) is 0 Å². The molecule has 0 aliphatic heterocycles. The number of aliphatic hydroxyl groups excluding tert-OH is 1. The molecule has 0 fully saturated rings. The van der Waals surface area contributed by atoms with Crippen LogP contribution < -0.4 is 0 Å². The number of rotatable bonds is 3. The first-order chi connectivity index (χ1) is 4.57. The highest BCUT2D eigenvalue weighted by molar-refractivity contribution is 14.1. The Kier molecular flexibility index (Phi) is 4.26. The predicted molar refractivity (Wildman–Crippen MR) is 51.5 cm³/mol. The highest BCUT2D eigenvalue weighted by Gasteiger charge is 2.08. The number of alkyl halides is 1. The van der Waals surface area contributed by atoms with Crippen molar-refractivity contribution >= 4 is 35.1 Å². The third-order valence-electron chi connectivity index (χ3n) is 0.925. The quantitative estimate of drug-likeness (QED) is 0.260. The van der Waals surface area contributed by atoms with Gasteiger partial charge in [-0.15, -0.1) is 0 Å². The van der Waals surface area contributed by atoms with Crippen LogP contribution in [0.5, 0.6) is 0 Å². The number of amidine groups is 1. The zero-order valence-electron chi connectivity index (χ0n) is 5.47. The molecule has 0 spiro atoms. The first kappa shape index (κ1) is 9.61. The van der Waals surface area contributed by atoms with Crippen LogP contribution in [-0.4, -0.2) is 21.6 Å². The Morgan fingerprint density at radius 3 is 2.60 bits per heavy atom. The number of hydrogen-bond donors (Lipinski definition) is 2. The first-order valence-corrected chi connectivity index (χ1v) is 3.88. The zero-order chi connectivity index (χ0) is 8.15. The maximum absolute atomic E-state index is 8.80. The molecule has 0 saturated carbocycles. The fourth-order valence-electron chi connectivity index (χ4n) is 0.352. The van der Waals surface area contributed by atoms with E-state index in [4.69, 9.17) is 10.5 Å². The minimum atomic E-state index is -0.129. The first-order valence-electron chi connectivity index (χ1n) is 2.64. The third kappa shape index (κ3) is 3.60. The van der Waals surface area contributed by atoms with Crippen LogP contribution in [0.15, 0.2) is 17.3 Å². The van der Waals surface area contributed by atoms with Crippen molar-refractivity contribution in [2.75, 3.05) is 0 Å². The van der Waals surface area contributed by atoms with E-state index in [2.05, 4.69) is 18.3 Å². The fourth-order valence-corrected chi connectivity index (χ4v) is 0.769. The van der Waals surface area contributed by atoms with Crippen molar-refractivity contribution in [1.29, 1.82) is 5.41 Å². The number of allylic oxidation sites excluding steroid dienone is 1. The standard InChI is InChI=1S/C6H9IN2O/c1-4(10)5(7)3-6(8)9-2/h5,8,10H,1-3H2. The second kappa shape index (κ2) is 4.43. The van der Waals surface area contributed by atoms with E-state index < -0.39 is 0 Å². The summed E-state index contributed by atoms with van der Waals surface area (Å²) in [6.45, 7) is 6.52. The van der Waals surface area contributed by atoms with Crippen LogP contribution >= 0.6 is 22.6 Å². The molecule has 56 valence electrons. The second-order valence-corrected chi connectivity index (χ2v) is 3.27. The maximum Gasteiger partial charge on any atom is 0.121 e. The van der Waals surface area contributed by atoms with Crippen molar-refractivity contribution in [1.82, 2.24) is 0 Å². The van der Waals surface area contributed by atoms with Gasteiger partial charge in [-0.1, -0.05) is 29.2 Å². The normalized spacial score (nSPS) is 12.1. The molecule has 0 aromatic rings. The largest absolute Gasteiger partial charge is 0.512 e. The van der Waals surface area contributed by atoms with Gasteiger partial charge in [0.25, 0.3) is 0 Å². The van der Waals surface area contributed by atoms with Crippen LogP contribution in [0.4, 0.5) is 0 Å². The lowest BCUT2D eigenvalue weighted by molar-refractivity contribution is 0.402. The summed E-state index contributed by atoms with van der Waals surface area (Å²) in [6.07, 6.45) is 0.388. The van der Waals surface area contributed by atoms with Gasteiger partial charge in [0.05, 0.1) is 9.68 Å². The SMILES string of the molecule is C=NC(=N)CC(I)C(=C)O.